The van der Waals surface area contributed by atoms with Crippen molar-refractivity contribution in [3.63, 3.8) is 0 Å². The van der Waals surface area contributed by atoms with E-state index in [1.54, 1.807) is 11.6 Å². The Kier molecular flexibility index (Phi) is 4.95. The molecule has 2 aromatic carbocycles. The molecule has 0 bridgehead atoms. The highest BCUT2D eigenvalue weighted by Gasteiger charge is 2.41. The van der Waals surface area contributed by atoms with Gasteiger partial charge in [-0.2, -0.15) is 10.2 Å². The van der Waals surface area contributed by atoms with Crippen LogP contribution >= 0.6 is 15.9 Å². The maximum Gasteiger partial charge on any atom is 0.137 e. The summed E-state index contributed by atoms with van der Waals surface area (Å²) in [5.74, 6) is -1.56. The zero-order chi connectivity index (χ0) is 20.8. The van der Waals surface area contributed by atoms with Crippen LogP contribution in [0.25, 0.3) is 10.9 Å². The first kappa shape index (κ1) is 19.7. The Morgan fingerprint density at radius 2 is 2.03 bits per heavy atom. The average Bonchev–Trinajstić information content (AvgIpc) is 3.29. The molecule has 0 radical (unpaired) electrons. The number of rotatable bonds is 5. The topological polar surface area (TPSA) is 68.8 Å². The zero-order valence-electron chi connectivity index (χ0n) is 15.7. The molecule has 0 amide bonds. The van der Waals surface area contributed by atoms with Crippen molar-refractivity contribution in [3.05, 3.63) is 76.4 Å². The molecule has 4 rings (SSSR count). The van der Waals surface area contributed by atoms with Crippen LogP contribution in [-0.4, -0.2) is 29.7 Å². The normalized spacial score (nSPS) is 14.8. The largest absolute Gasteiger partial charge is 0.381 e. The van der Waals surface area contributed by atoms with Gasteiger partial charge in [-0.15, -0.1) is 0 Å². The fraction of sp³-hybridized carbons (Fsp3) is 0.250. The fourth-order valence-electron chi connectivity index (χ4n) is 3.63. The summed E-state index contributed by atoms with van der Waals surface area (Å²) in [7, 11) is 0. The number of aromatic nitrogens is 5. The smallest absolute Gasteiger partial charge is 0.137 e. The molecule has 0 saturated heterocycles. The highest BCUT2D eigenvalue weighted by Crippen LogP contribution is 2.39. The van der Waals surface area contributed by atoms with Crippen molar-refractivity contribution < 1.29 is 13.9 Å². The third kappa shape index (κ3) is 3.34. The Labute approximate surface area is 173 Å². The van der Waals surface area contributed by atoms with Crippen LogP contribution in [0.3, 0.4) is 0 Å². The number of nitrogens with zero attached hydrogens (tertiary/aromatic N) is 5. The molecule has 4 aromatic rings. The van der Waals surface area contributed by atoms with Crippen molar-refractivity contribution in [2.45, 2.75) is 32.0 Å². The number of hydrogen-bond donors (Lipinski definition) is 1. The molecular weight excluding hydrogens is 444 g/mol. The lowest BCUT2D eigenvalue weighted by Gasteiger charge is -2.35. The monoisotopic (exact) mass is 461 g/mol. The van der Waals surface area contributed by atoms with E-state index in [9.17, 15) is 13.9 Å². The third-order valence-electron chi connectivity index (χ3n) is 5.19. The molecule has 0 saturated carbocycles. The third-order valence-corrected chi connectivity index (χ3v) is 5.83. The summed E-state index contributed by atoms with van der Waals surface area (Å²) in [4.78, 5) is 3.89. The van der Waals surface area contributed by atoms with E-state index in [4.69, 9.17) is 0 Å². The molecule has 0 aliphatic rings. The molecule has 9 heteroatoms. The van der Waals surface area contributed by atoms with Gasteiger partial charge in [-0.25, -0.2) is 18.4 Å². The standard InChI is InChI=1S/C20H18BrF2N5O/c1-12-15-4-3-5-17(21)19(15)28(26-12)13(2)20(29,9-27-11-24-10-25-27)16-7-6-14(22)8-18(16)23/h3-8,10-11,13,29H,9H2,1-2H3/t13-,20-/m1/s1. The first-order valence-electron chi connectivity index (χ1n) is 8.95. The summed E-state index contributed by atoms with van der Waals surface area (Å²) in [6, 6.07) is 8.13. The van der Waals surface area contributed by atoms with Crippen molar-refractivity contribution in [3.8, 4) is 0 Å². The maximum atomic E-state index is 14.8. The lowest BCUT2D eigenvalue weighted by molar-refractivity contribution is -0.0355. The van der Waals surface area contributed by atoms with Crippen LogP contribution in [0.15, 0.2) is 53.5 Å². The molecule has 0 fully saturated rings. The highest BCUT2D eigenvalue weighted by atomic mass is 79.9. The van der Waals surface area contributed by atoms with Gasteiger partial charge in [-0.1, -0.05) is 18.2 Å². The van der Waals surface area contributed by atoms with Gasteiger partial charge < -0.3 is 5.11 Å². The predicted molar refractivity (Wildman–Crippen MR) is 107 cm³/mol. The summed E-state index contributed by atoms with van der Waals surface area (Å²) in [5, 5.41) is 21.3. The number of aliphatic hydroxyl groups is 1. The van der Waals surface area contributed by atoms with Gasteiger partial charge in [-0.05, 0) is 41.9 Å². The van der Waals surface area contributed by atoms with Gasteiger partial charge in [0.25, 0.3) is 0 Å². The Morgan fingerprint density at radius 1 is 1.24 bits per heavy atom. The first-order valence-corrected chi connectivity index (χ1v) is 9.74. The molecule has 0 unspecified atom stereocenters. The van der Waals surface area contributed by atoms with Crippen molar-refractivity contribution in [1.29, 1.82) is 0 Å². The van der Waals surface area contributed by atoms with Crippen LogP contribution in [0.5, 0.6) is 0 Å². The van der Waals surface area contributed by atoms with E-state index in [-0.39, 0.29) is 12.1 Å². The zero-order valence-corrected chi connectivity index (χ0v) is 17.3. The summed E-state index contributed by atoms with van der Waals surface area (Å²) >= 11 is 3.54. The Morgan fingerprint density at radius 3 is 2.72 bits per heavy atom. The molecule has 6 nitrogen and oxygen atoms in total. The van der Waals surface area contributed by atoms with E-state index < -0.39 is 23.3 Å². The minimum atomic E-state index is -1.79. The van der Waals surface area contributed by atoms with Crippen molar-refractivity contribution in [2.24, 2.45) is 0 Å². The summed E-state index contributed by atoms with van der Waals surface area (Å²) in [5.41, 5.74) is -0.283. The minimum Gasteiger partial charge on any atom is -0.381 e. The van der Waals surface area contributed by atoms with Crippen LogP contribution in [0.2, 0.25) is 0 Å². The van der Waals surface area contributed by atoms with Crippen molar-refractivity contribution >= 4 is 26.8 Å². The maximum absolute atomic E-state index is 14.8. The molecule has 2 aromatic heterocycles. The molecule has 2 atom stereocenters. The Bertz CT molecular complexity index is 1180. The van der Waals surface area contributed by atoms with E-state index in [1.165, 1.54) is 23.4 Å². The van der Waals surface area contributed by atoms with Gasteiger partial charge in [0, 0.05) is 21.5 Å². The van der Waals surface area contributed by atoms with E-state index in [0.717, 1.165) is 33.2 Å². The SMILES string of the molecule is Cc1nn([C@H](C)[C@](O)(Cn2cncn2)c2ccc(F)cc2F)c2c(Br)cccc12. The van der Waals surface area contributed by atoms with Crippen LogP contribution in [-0.2, 0) is 12.1 Å². The van der Waals surface area contributed by atoms with Crippen LogP contribution in [0.1, 0.15) is 24.2 Å². The quantitative estimate of drug-likeness (QED) is 0.485. The lowest BCUT2D eigenvalue weighted by Crippen LogP contribution is -2.41. The minimum absolute atomic E-state index is 0.0461. The molecule has 2 heterocycles. The number of halogens is 3. The second kappa shape index (κ2) is 7.31. The summed E-state index contributed by atoms with van der Waals surface area (Å²) in [6.07, 6.45) is 2.76. The second-order valence-electron chi connectivity index (χ2n) is 6.98. The van der Waals surface area contributed by atoms with Gasteiger partial charge in [0.05, 0.1) is 23.8 Å². The van der Waals surface area contributed by atoms with Crippen LogP contribution in [0, 0.1) is 18.6 Å². The molecule has 0 spiro atoms. The molecular formula is C20H18BrF2N5O. The summed E-state index contributed by atoms with van der Waals surface area (Å²) in [6.45, 7) is 3.51. The number of benzene rings is 2. The average molecular weight is 462 g/mol. The van der Waals surface area contributed by atoms with E-state index in [1.807, 2.05) is 25.1 Å². The number of hydrogen-bond acceptors (Lipinski definition) is 4. The Hall–Kier alpha value is -2.65. The molecule has 1 N–H and O–H groups in total. The number of aryl methyl sites for hydroxylation is 1. The van der Waals surface area contributed by atoms with Gasteiger partial charge in [0.2, 0.25) is 0 Å². The van der Waals surface area contributed by atoms with E-state index in [0.29, 0.717) is 0 Å². The van der Waals surface area contributed by atoms with Crippen molar-refractivity contribution in [2.75, 3.05) is 0 Å². The molecule has 0 aliphatic carbocycles. The fourth-order valence-corrected chi connectivity index (χ4v) is 4.18. The predicted octanol–water partition coefficient (Wildman–Crippen LogP) is 4.13. The van der Waals surface area contributed by atoms with Gasteiger partial charge in [0.15, 0.2) is 0 Å². The summed E-state index contributed by atoms with van der Waals surface area (Å²) < 4.78 is 32.2. The highest BCUT2D eigenvalue weighted by molar-refractivity contribution is 9.10. The first-order chi connectivity index (χ1) is 13.8. The van der Waals surface area contributed by atoms with E-state index >= 15 is 0 Å². The lowest BCUT2D eigenvalue weighted by atomic mass is 9.86. The number of fused-ring (bicyclic) bond motifs is 1. The molecule has 150 valence electrons. The van der Waals surface area contributed by atoms with Crippen LogP contribution in [0.4, 0.5) is 8.78 Å². The van der Waals surface area contributed by atoms with Crippen molar-refractivity contribution in [1.82, 2.24) is 24.5 Å². The Balaban J connectivity index is 1.92. The van der Waals surface area contributed by atoms with Gasteiger partial charge in [0.1, 0.15) is 29.9 Å². The number of para-hydroxylation sites is 1. The van der Waals surface area contributed by atoms with E-state index in [2.05, 4.69) is 31.1 Å². The van der Waals surface area contributed by atoms with Crippen LogP contribution < -0.4 is 0 Å². The molecule has 0 aliphatic heterocycles. The molecule has 29 heavy (non-hydrogen) atoms. The second-order valence-corrected chi connectivity index (χ2v) is 7.84. The van der Waals surface area contributed by atoms with Gasteiger partial charge in [-0.3, -0.25) is 4.68 Å². The van der Waals surface area contributed by atoms with Gasteiger partial charge >= 0.3 is 0 Å².